The maximum atomic E-state index is 12.9. The van der Waals surface area contributed by atoms with E-state index >= 15 is 0 Å². The van der Waals surface area contributed by atoms with Gasteiger partial charge in [-0.3, -0.25) is 9.89 Å². The minimum atomic E-state index is -0.259. The van der Waals surface area contributed by atoms with E-state index in [1.54, 1.807) is 25.4 Å². The SMILES string of the molecule is CN=C(NCCCOc1ccc(F)cc1)NCC(c1ccco1)N1CCCC1. The van der Waals surface area contributed by atoms with Crippen LogP contribution in [0.25, 0.3) is 0 Å². The molecule has 3 rings (SSSR count). The molecule has 28 heavy (non-hydrogen) atoms. The summed E-state index contributed by atoms with van der Waals surface area (Å²) in [6.45, 7) is 4.22. The fourth-order valence-corrected chi connectivity index (χ4v) is 3.36. The van der Waals surface area contributed by atoms with E-state index in [4.69, 9.17) is 9.15 Å². The highest BCUT2D eigenvalue weighted by Crippen LogP contribution is 2.24. The maximum absolute atomic E-state index is 12.9. The zero-order chi connectivity index (χ0) is 19.6. The molecule has 6 nitrogen and oxygen atoms in total. The van der Waals surface area contributed by atoms with Gasteiger partial charge in [-0.05, 0) is 68.8 Å². The summed E-state index contributed by atoms with van der Waals surface area (Å²) in [4.78, 5) is 6.75. The molecule has 1 aromatic carbocycles. The van der Waals surface area contributed by atoms with Crippen LogP contribution in [-0.2, 0) is 0 Å². The van der Waals surface area contributed by atoms with Crippen molar-refractivity contribution < 1.29 is 13.5 Å². The Balaban J connectivity index is 1.39. The number of hydrogen-bond donors (Lipinski definition) is 2. The van der Waals surface area contributed by atoms with E-state index in [-0.39, 0.29) is 11.9 Å². The van der Waals surface area contributed by atoms with Gasteiger partial charge < -0.3 is 19.8 Å². The molecule has 1 atom stereocenters. The molecule has 0 radical (unpaired) electrons. The highest BCUT2D eigenvalue weighted by Gasteiger charge is 2.25. The van der Waals surface area contributed by atoms with Gasteiger partial charge in [-0.25, -0.2) is 4.39 Å². The summed E-state index contributed by atoms with van der Waals surface area (Å²) in [6.07, 6.45) is 5.01. The smallest absolute Gasteiger partial charge is 0.191 e. The first kappa shape index (κ1) is 20.2. The van der Waals surface area contributed by atoms with Crippen LogP contribution in [0.15, 0.2) is 52.1 Å². The number of furan rings is 1. The lowest BCUT2D eigenvalue weighted by Gasteiger charge is -2.26. The van der Waals surface area contributed by atoms with Crippen LogP contribution in [0.4, 0.5) is 4.39 Å². The van der Waals surface area contributed by atoms with Crippen molar-refractivity contribution >= 4 is 5.96 Å². The number of rotatable bonds is 9. The molecule has 152 valence electrons. The highest BCUT2D eigenvalue weighted by molar-refractivity contribution is 5.79. The van der Waals surface area contributed by atoms with Gasteiger partial charge in [0, 0.05) is 20.1 Å². The Kier molecular flexibility index (Phi) is 7.72. The average Bonchev–Trinajstić information content (AvgIpc) is 3.42. The number of nitrogens with zero attached hydrogens (tertiary/aromatic N) is 2. The molecule has 1 saturated heterocycles. The maximum Gasteiger partial charge on any atom is 0.191 e. The van der Waals surface area contributed by atoms with E-state index in [1.807, 2.05) is 12.1 Å². The quantitative estimate of drug-likeness (QED) is 0.392. The van der Waals surface area contributed by atoms with Crippen molar-refractivity contribution in [2.75, 3.05) is 39.8 Å². The molecule has 0 spiro atoms. The zero-order valence-electron chi connectivity index (χ0n) is 16.4. The van der Waals surface area contributed by atoms with Crippen LogP contribution in [0.5, 0.6) is 5.75 Å². The largest absolute Gasteiger partial charge is 0.494 e. The number of halogens is 1. The fourth-order valence-electron chi connectivity index (χ4n) is 3.36. The summed E-state index contributed by atoms with van der Waals surface area (Å²) < 4.78 is 24.1. The van der Waals surface area contributed by atoms with Crippen molar-refractivity contribution in [1.82, 2.24) is 15.5 Å². The standard InChI is InChI=1S/C21H29FN4O2/c1-23-21(24-11-5-15-27-18-9-7-17(22)8-10-18)25-16-19(20-6-4-14-28-20)26-12-2-3-13-26/h4,6-10,14,19H,2-3,5,11-13,15-16H2,1H3,(H2,23,24,25). The minimum Gasteiger partial charge on any atom is -0.494 e. The number of ether oxygens (including phenoxy) is 1. The van der Waals surface area contributed by atoms with E-state index in [9.17, 15) is 4.39 Å². The number of nitrogens with one attached hydrogen (secondary N) is 2. The summed E-state index contributed by atoms with van der Waals surface area (Å²) >= 11 is 0. The molecule has 0 saturated carbocycles. The van der Waals surface area contributed by atoms with Crippen LogP contribution in [0.2, 0.25) is 0 Å². The third kappa shape index (κ3) is 5.99. The topological polar surface area (TPSA) is 62.0 Å². The Labute approximate surface area is 165 Å². The van der Waals surface area contributed by atoms with Crippen LogP contribution >= 0.6 is 0 Å². The van der Waals surface area contributed by atoms with Crippen molar-refractivity contribution in [3.8, 4) is 5.75 Å². The zero-order valence-corrected chi connectivity index (χ0v) is 16.4. The molecule has 2 heterocycles. The predicted molar refractivity (Wildman–Crippen MR) is 108 cm³/mol. The second kappa shape index (κ2) is 10.7. The molecular weight excluding hydrogens is 359 g/mol. The van der Waals surface area contributed by atoms with Gasteiger partial charge in [0.05, 0.1) is 18.9 Å². The van der Waals surface area contributed by atoms with Crippen molar-refractivity contribution in [3.05, 3.63) is 54.2 Å². The first-order valence-electron chi connectivity index (χ1n) is 9.86. The van der Waals surface area contributed by atoms with E-state index in [2.05, 4.69) is 20.5 Å². The average molecular weight is 388 g/mol. The Hall–Kier alpha value is -2.54. The Morgan fingerprint density at radius 2 is 2.00 bits per heavy atom. The fraction of sp³-hybridized carbons (Fsp3) is 0.476. The highest BCUT2D eigenvalue weighted by atomic mass is 19.1. The second-order valence-corrected chi connectivity index (χ2v) is 6.81. The van der Waals surface area contributed by atoms with Crippen molar-refractivity contribution in [3.63, 3.8) is 0 Å². The molecule has 0 amide bonds. The van der Waals surface area contributed by atoms with Gasteiger partial charge >= 0.3 is 0 Å². The molecule has 0 bridgehead atoms. The van der Waals surface area contributed by atoms with Crippen LogP contribution in [0, 0.1) is 5.82 Å². The molecule has 1 fully saturated rings. The van der Waals surface area contributed by atoms with E-state index in [0.29, 0.717) is 12.4 Å². The number of benzene rings is 1. The van der Waals surface area contributed by atoms with Gasteiger partial charge in [0.15, 0.2) is 5.96 Å². The summed E-state index contributed by atoms with van der Waals surface area (Å²) in [5, 5.41) is 6.71. The van der Waals surface area contributed by atoms with E-state index in [1.165, 1.54) is 25.0 Å². The summed E-state index contributed by atoms with van der Waals surface area (Å²) in [7, 11) is 1.77. The summed E-state index contributed by atoms with van der Waals surface area (Å²) in [5.41, 5.74) is 0. The summed E-state index contributed by atoms with van der Waals surface area (Å²) in [5.74, 6) is 2.16. The molecule has 0 aliphatic carbocycles. The molecular formula is C21H29FN4O2. The number of hydrogen-bond acceptors (Lipinski definition) is 4. The molecule has 7 heteroatoms. The molecule has 1 unspecified atom stereocenters. The van der Waals surface area contributed by atoms with Crippen LogP contribution in [-0.4, -0.2) is 50.7 Å². The Bertz CT molecular complexity index is 713. The van der Waals surface area contributed by atoms with Gasteiger partial charge in [-0.1, -0.05) is 0 Å². The normalized spacial score (nSPS) is 16.1. The molecule has 2 N–H and O–H groups in total. The monoisotopic (exact) mass is 388 g/mol. The molecule has 1 aromatic heterocycles. The Morgan fingerprint density at radius 1 is 1.21 bits per heavy atom. The van der Waals surface area contributed by atoms with Gasteiger partial charge in [0.1, 0.15) is 17.3 Å². The van der Waals surface area contributed by atoms with E-state index in [0.717, 1.165) is 44.3 Å². The van der Waals surface area contributed by atoms with Crippen LogP contribution < -0.4 is 15.4 Å². The summed E-state index contributed by atoms with van der Waals surface area (Å²) in [6, 6.07) is 10.2. The van der Waals surface area contributed by atoms with E-state index < -0.39 is 0 Å². The van der Waals surface area contributed by atoms with Gasteiger partial charge in [0.25, 0.3) is 0 Å². The number of aliphatic imine (C=N–C) groups is 1. The van der Waals surface area contributed by atoms with Gasteiger partial charge in [-0.15, -0.1) is 0 Å². The predicted octanol–water partition coefficient (Wildman–Crippen LogP) is 3.19. The van der Waals surface area contributed by atoms with Crippen molar-refractivity contribution in [2.45, 2.75) is 25.3 Å². The lowest BCUT2D eigenvalue weighted by Crippen LogP contribution is -2.43. The lowest BCUT2D eigenvalue weighted by atomic mass is 10.2. The van der Waals surface area contributed by atoms with Crippen molar-refractivity contribution in [2.24, 2.45) is 4.99 Å². The molecule has 1 aliphatic heterocycles. The molecule has 1 aliphatic rings. The lowest BCUT2D eigenvalue weighted by molar-refractivity contribution is 0.215. The van der Waals surface area contributed by atoms with Gasteiger partial charge in [0.2, 0.25) is 0 Å². The minimum absolute atomic E-state index is 0.206. The van der Waals surface area contributed by atoms with Gasteiger partial charge in [-0.2, -0.15) is 0 Å². The number of guanidine groups is 1. The second-order valence-electron chi connectivity index (χ2n) is 6.81. The van der Waals surface area contributed by atoms with Crippen LogP contribution in [0.3, 0.4) is 0 Å². The first-order chi connectivity index (χ1) is 13.8. The number of likely N-dealkylation sites (tertiary alicyclic amines) is 1. The third-order valence-electron chi connectivity index (χ3n) is 4.84. The first-order valence-corrected chi connectivity index (χ1v) is 9.86. The van der Waals surface area contributed by atoms with Crippen molar-refractivity contribution in [1.29, 1.82) is 0 Å². The molecule has 2 aromatic rings. The Morgan fingerprint density at radius 3 is 2.68 bits per heavy atom. The van der Waals surface area contributed by atoms with Crippen LogP contribution in [0.1, 0.15) is 31.1 Å². The third-order valence-corrected chi connectivity index (χ3v) is 4.84.